The van der Waals surface area contributed by atoms with E-state index in [1.165, 1.54) is 12.3 Å². The zero-order valence-corrected chi connectivity index (χ0v) is 17.2. The summed E-state index contributed by atoms with van der Waals surface area (Å²) in [5, 5.41) is 9.54. The molecule has 158 valence electrons. The van der Waals surface area contributed by atoms with Gasteiger partial charge in [-0.3, -0.25) is 19.3 Å². The minimum absolute atomic E-state index is 0.0503. The normalized spacial score (nSPS) is 11.1. The number of thioether (sulfide) groups is 1. The summed E-state index contributed by atoms with van der Waals surface area (Å²) < 4.78 is 28.3. The van der Waals surface area contributed by atoms with Gasteiger partial charge in [-0.25, -0.2) is 13.8 Å². The molecule has 4 aromatic rings. The highest BCUT2D eigenvalue weighted by Gasteiger charge is 2.17. The Bertz CT molecular complexity index is 1320. The Morgan fingerprint density at radius 2 is 1.94 bits per heavy atom. The molecule has 0 spiro atoms. The molecule has 0 fully saturated rings. The van der Waals surface area contributed by atoms with E-state index in [1.54, 1.807) is 0 Å². The van der Waals surface area contributed by atoms with E-state index in [0.717, 1.165) is 40.4 Å². The highest BCUT2D eigenvalue weighted by atomic mass is 32.2. The van der Waals surface area contributed by atoms with Gasteiger partial charge in [0.15, 0.2) is 22.4 Å². The lowest BCUT2D eigenvalue weighted by Gasteiger charge is -2.12. The lowest BCUT2D eigenvalue weighted by Crippen LogP contribution is -2.22. The van der Waals surface area contributed by atoms with E-state index in [9.17, 15) is 18.4 Å². The van der Waals surface area contributed by atoms with Crippen LogP contribution in [0.25, 0.3) is 16.7 Å². The summed E-state index contributed by atoms with van der Waals surface area (Å²) in [4.78, 5) is 29.7. The van der Waals surface area contributed by atoms with Gasteiger partial charge in [-0.2, -0.15) is 5.10 Å². The number of H-pyrrole nitrogens is 1. The number of nitrogens with one attached hydrogen (secondary N) is 2. The van der Waals surface area contributed by atoms with Crippen molar-refractivity contribution in [2.45, 2.75) is 18.5 Å². The van der Waals surface area contributed by atoms with E-state index in [4.69, 9.17) is 0 Å². The Balaban J connectivity index is 1.62. The average Bonchev–Trinajstić information content (AvgIpc) is 3.24. The van der Waals surface area contributed by atoms with Crippen LogP contribution in [0, 0.1) is 11.6 Å². The predicted molar refractivity (Wildman–Crippen MR) is 115 cm³/mol. The van der Waals surface area contributed by atoms with Crippen LogP contribution in [0.15, 0.2) is 58.6 Å². The van der Waals surface area contributed by atoms with Crippen molar-refractivity contribution in [3.63, 3.8) is 0 Å². The molecule has 4 rings (SSSR count). The summed E-state index contributed by atoms with van der Waals surface area (Å²) in [7, 11) is 0. The molecule has 2 aromatic carbocycles. The molecule has 0 atom stereocenters. The summed E-state index contributed by atoms with van der Waals surface area (Å²) >= 11 is 0.995. The van der Waals surface area contributed by atoms with Crippen molar-refractivity contribution in [2.75, 3.05) is 11.1 Å². The van der Waals surface area contributed by atoms with Gasteiger partial charge in [-0.1, -0.05) is 30.8 Å². The Morgan fingerprint density at radius 1 is 1.16 bits per heavy atom. The number of rotatable bonds is 6. The van der Waals surface area contributed by atoms with E-state index in [2.05, 4.69) is 20.5 Å². The third-order valence-electron chi connectivity index (χ3n) is 4.59. The summed E-state index contributed by atoms with van der Waals surface area (Å²) in [6.07, 6.45) is 2.20. The van der Waals surface area contributed by atoms with Crippen molar-refractivity contribution in [3.05, 3.63) is 76.2 Å². The molecule has 0 bridgehead atoms. The van der Waals surface area contributed by atoms with Crippen LogP contribution in [0.5, 0.6) is 0 Å². The maximum absolute atomic E-state index is 13.8. The molecule has 0 radical (unpaired) electrons. The number of carbonyl (C=O) groups is 1. The van der Waals surface area contributed by atoms with Crippen molar-refractivity contribution in [1.29, 1.82) is 0 Å². The standard InChI is InChI=1S/C21H17F2N5O2S/c1-2-12-3-5-13(6-4-12)25-18(29)11-31-21-26-19-15(10-24-27-19)20(30)28(21)14-7-8-16(22)17(23)9-14/h3-10H,2,11H2,1H3,(H,24,27)(H,25,29). The van der Waals surface area contributed by atoms with Crippen LogP contribution in [-0.2, 0) is 11.2 Å². The minimum atomic E-state index is -1.10. The molecular weight excluding hydrogens is 424 g/mol. The Morgan fingerprint density at radius 3 is 2.65 bits per heavy atom. The highest BCUT2D eigenvalue weighted by molar-refractivity contribution is 7.99. The first-order valence-corrected chi connectivity index (χ1v) is 10.4. The van der Waals surface area contributed by atoms with Gasteiger partial charge in [0.2, 0.25) is 5.91 Å². The molecule has 0 aliphatic heterocycles. The molecule has 10 heteroatoms. The second-order valence-electron chi connectivity index (χ2n) is 6.65. The first-order valence-electron chi connectivity index (χ1n) is 9.39. The Kier molecular flexibility index (Phi) is 5.81. The zero-order chi connectivity index (χ0) is 22.0. The van der Waals surface area contributed by atoms with Gasteiger partial charge >= 0.3 is 0 Å². The van der Waals surface area contributed by atoms with Crippen molar-refractivity contribution < 1.29 is 13.6 Å². The fourth-order valence-electron chi connectivity index (χ4n) is 2.97. The summed E-state index contributed by atoms with van der Waals surface area (Å²) in [5.41, 5.74) is 1.63. The number of benzene rings is 2. The van der Waals surface area contributed by atoms with Crippen molar-refractivity contribution >= 4 is 34.4 Å². The maximum atomic E-state index is 13.8. The molecule has 2 aromatic heterocycles. The zero-order valence-electron chi connectivity index (χ0n) is 16.4. The molecule has 0 unspecified atom stereocenters. The number of carbonyl (C=O) groups excluding carboxylic acids is 1. The smallest absolute Gasteiger partial charge is 0.269 e. The van der Waals surface area contributed by atoms with Crippen LogP contribution in [-0.4, -0.2) is 31.4 Å². The molecule has 2 N–H and O–H groups in total. The monoisotopic (exact) mass is 441 g/mol. The Hall–Kier alpha value is -3.53. The molecule has 0 aliphatic rings. The van der Waals surface area contributed by atoms with Gasteiger partial charge in [0, 0.05) is 11.8 Å². The molecule has 7 nitrogen and oxygen atoms in total. The predicted octanol–water partition coefficient (Wildman–Crippen LogP) is 3.68. The van der Waals surface area contributed by atoms with Crippen LogP contribution in [0.3, 0.4) is 0 Å². The van der Waals surface area contributed by atoms with Crippen LogP contribution in [0.2, 0.25) is 0 Å². The minimum Gasteiger partial charge on any atom is -0.325 e. The number of anilines is 1. The van der Waals surface area contributed by atoms with Crippen LogP contribution < -0.4 is 10.9 Å². The maximum Gasteiger partial charge on any atom is 0.269 e. The van der Waals surface area contributed by atoms with Gasteiger partial charge < -0.3 is 5.32 Å². The Labute approximate surface area is 179 Å². The number of nitrogens with zero attached hydrogens (tertiary/aromatic N) is 3. The number of fused-ring (bicyclic) bond motifs is 1. The molecule has 0 saturated heterocycles. The van der Waals surface area contributed by atoms with Crippen LogP contribution in [0.4, 0.5) is 14.5 Å². The summed E-state index contributed by atoms with van der Waals surface area (Å²) in [6.45, 7) is 2.04. The molecule has 1 amide bonds. The van der Waals surface area contributed by atoms with Gasteiger partial charge in [0.1, 0.15) is 5.39 Å². The molecule has 31 heavy (non-hydrogen) atoms. The second-order valence-corrected chi connectivity index (χ2v) is 7.60. The molecule has 0 saturated carbocycles. The second kappa shape index (κ2) is 8.68. The summed E-state index contributed by atoms with van der Waals surface area (Å²) in [6, 6.07) is 10.6. The number of halogens is 2. The number of aromatic nitrogens is 4. The molecule has 0 aliphatic carbocycles. The van der Waals surface area contributed by atoms with E-state index >= 15 is 0 Å². The van der Waals surface area contributed by atoms with Gasteiger partial charge in [0.25, 0.3) is 5.56 Å². The van der Waals surface area contributed by atoms with Crippen molar-refractivity contribution in [1.82, 2.24) is 19.7 Å². The third kappa shape index (κ3) is 4.33. The van der Waals surface area contributed by atoms with Crippen molar-refractivity contribution in [2.24, 2.45) is 0 Å². The van der Waals surface area contributed by atoms with Crippen LogP contribution >= 0.6 is 11.8 Å². The molecular formula is C21H17F2N5O2S. The topological polar surface area (TPSA) is 92.7 Å². The van der Waals surface area contributed by atoms with E-state index in [-0.39, 0.29) is 33.5 Å². The fourth-order valence-corrected chi connectivity index (χ4v) is 3.78. The SMILES string of the molecule is CCc1ccc(NC(=O)CSc2nc3[nH]ncc3c(=O)n2-c2ccc(F)c(F)c2)cc1. The lowest BCUT2D eigenvalue weighted by atomic mass is 10.1. The van der Waals surface area contributed by atoms with E-state index in [1.807, 2.05) is 31.2 Å². The quantitative estimate of drug-likeness (QED) is 0.352. The van der Waals surface area contributed by atoms with Gasteiger partial charge in [-0.15, -0.1) is 0 Å². The van der Waals surface area contributed by atoms with Gasteiger partial charge in [0.05, 0.1) is 17.6 Å². The number of hydrogen-bond acceptors (Lipinski definition) is 5. The third-order valence-corrected chi connectivity index (χ3v) is 5.53. The first kappa shape index (κ1) is 20.7. The molecule has 2 heterocycles. The summed E-state index contributed by atoms with van der Waals surface area (Å²) in [5.74, 6) is -2.48. The number of aromatic amines is 1. The van der Waals surface area contributed by atoms with E-state index < -0.39 is 17.2 Å². The fraction of sp³-hybridized carbons (Fsp3) is 0.143. The van der Waals surface area contributed by atoms with Gasteiger partial charge in [-0.05, 0) is 36.2 Å². The lowest BCUT2D eigenvalue weighted by molar-refractivity contribution is -0.113. The van der Waals surface area contributed by atoms with Crippen LogP contribution in [0.1, 0.15) is 12.5 Å². The average molecular weight is 441 g/mol. The number of amides is 1. The largest absolute Gasteiger partial charge is 0.325 e. The first-order chi connectivity index (χ1) is 15.0. The van der Waals surface area contributed by atoms with Crippen molar-refractivity contribution in [3.8, 4) is 5.69 Å². The van der Waals surface area contributed by atoms with E-state index in [0.29, 0.717) is 5.69 Å². The number of aryl methyl sites for hydroxylation is 1. The highest BCUT2D eigenvalue weighted by Crippen LogP contribution is 2.22. The number of hydrogen-bond donors (Lipinski definition) is 2.